The van der Waals surface area contributed by atoms with E-state index in [1.54, 1.807) is 0 Å². The van der Waals surface area contributed by atoms with Crippen molar-refractivity contribution in [1.29, 1.82) is 0 Å². The third-order valence-corrected chi connectivity index (χ3v) is 4.18. The number of carbonyl (C=O) groups is 1. The van der Waals surface area contributed by atoms with Gasteiger partial charge in [0, 0.05) is 6.92 Å². The standard InChI is InChI=1S/C20H39NO2/c1-3-4-5-6-7-8-9-10-11-12-13-14-15-16-17-20(18-22)21-19(2)23/h16-17,20,22H,3-15,18H2,1-2H3,(H,21,23). The fourth-order valence-electron chi connectivity index (χ4n) is 2.78. The van der Waals surface area contributed by atoms with Crippen LogP contribution in [0.5, 0.6) is 0 Å². The van der Waals surface area contributed by atoms with Crippen molar-refractivity contribution in [2.75, 3.05) is 6.61 Å². The molecule has 0 saturated heterocycles. The first-order valence-electron chi connectivity index (χ1n) is 9.75. The molecule has 0 saturated carbocycles. The average molecular weight is 326 g/mol. The van der Waals surface area contributed by atoms with Crippen LogP contribution in [0.25, 0.3) is 0 Å². The Morgan fingerprint density at radius 1 is 0.913 bits per heavy atom. The molecule has 1 atom stereocenters. The van der Waals surface area contributed by atoms with Crippen molar-refractivity contribution < 1.29 is 9.90 Å². The zero-order valence-electron chi connectivity index (χ0n) is 15.5. The minimum atomic E-state index is -0.232. The van der Waals surface area contributed by atoms with E-state index in [0.717, 1.165) is 6.42 Å². The van der Waals surface area contributed by atoms with Gasteiger partial charge in [-0.25, -0.2) is 0 Å². The molecule has 0 radical (unpaired) electrons. The Morgan fingerprint density at radius 3 is 1.83 bits per heavy atom. The second-order valence-corrected chi connectivity index (χ2v) is 6.60. The lowest BCUT2D eigenvalue weighted by Gasteiger charge is -2.09. The summed E-state index contributed by atoms with van der Waals surface area (Å²) in [5.74, 6) is -0.0981. The molecule has 0 aromatic carbocycles. The van der Waals surface area contributed by atoms with Crippen molar-refractivity contribution in [3.8, 4) is 0 Å². The summed E-state index contributed by atoms with van der Waals surface area (Å²) in [5, 5.41) is 11.8. The maximum Gasteiger partial charge on any atom is 0.217 e. The Hall–Kier alpha value is -0.830. The molecule has 0 aliphatic heterocycles. The van der Waals surface area contributed by atoms with Crippen LogP contribution in [-0.2, 0) is 4.79 Å². The first kappa shape index (κ1) is 22.2. The van der Waals surface area contributed by atoms with E-state index in [-0.39, 0.29) is 18.6 Å². The molecule has 0 aliphatic carbocycles. The van der Waals surface area contributed by atoms with Crippen LogP contribution in [-0.4, -0.2) is 23.7 Å². The molecular formula is C20H39NO2. The normalized spacial score (nSPS) is 12.7. The molecule has 2 N–H and O–H groups in total. The fraction of sp³-hybridized carbons (Fsp3) is 0.850. The number of aliphatic hydroxyl groups is 1. The van der Waals surface area contributed by atoms with Crippen LogP contribution in [0, 0.1) is 0 Å². The van der Waals surface area contributed by atoms with Crippen LogP contribution >= 0.6 is 0 Å². The highest BCUT2D eigenvalue weighted by atomic mass is 16.3. The monoisotopic (exact) mass is 325 g/mol. The lowest BCUT2D eigenvalue weighted by atomic mass is 10.0. The van der Waals surface area contributed by atoms with Gasteiger partial charge in [-0.15, -0.1) is 0 Å². The number of hydrogen-bond donors (Lipinski definition) is 2. The van der Waals surface area contributed by atoms with Gasteiger partial charge in [0.05, 0.1) is 12.6 Å². The molecule has 136 valence electrons. The number of allylic oxidation sites excluding steroid dienone is 1. The fourth-order valence-corrected chi connectivity index (χ4v) is 2.78. The molecule has 1 unspecified atom stereocenters. The second kappa shape index (κ2) is 17.5. The van der Waals surface area contributed by atoms with E-state index in [0.29, 0.717) is 0 Å². The maximum atomic E-state index is 10.9. The van der Waals surface area contributed by atoms with Gasteiger partial charge in [-0.05, 0) is 12.8 Å². The zero-order valence-corrected chi connectivity index (χ0v) is 15.5. The lowest BCUT2D eigenvalue weighted by Crippen LogP contribution is -2.34. The molecule has 0 aromatic rings. The minimum absolute atomic E-state index is 0.0332. The Kier molecular flexibility index (Phi) is 16.9. The van der Waals surface area contributed by atoms with E-state index in [9.17, 15) is 4.79 Å². The molecule has 3 nitrogen and oxygen atoms in total. The summed E-state index contributed by atoms with van der Waals surface area (Å²) in [4.78, 5) is 10.9. The van der Waals surface area contributed by atoms with Gasteiger partial charge in [0.15, 0.2) is 0 Å². The van der Waals surface area contributed by atoms with Gasteiger partial charge in [-0.1, -0.05) is 89.7 Å². The Balaban J connectivity index is 3.28. The van der Waals surface area contributed by atoms with Gasteiger partial charge >= 0.3 is 0 Å². The topological polar surface area (TPSA) is 49.3 Å². The first-order valence-corrected chi connectivity index (χ1v) is 9.75. The molecule has 3 heteroatoms. The van der Waals surface area contributed by atoms with Gasteiger partial charge in [-0.2, -0.15) is 0 Å². The summed E-state index contributed by atoms with van der Waals surface area (Å²) in [7, 11) is 0. The molecule has 0 spiro atoms. The van der Waals surface area contributed by atoms with Crippen molar-refractivity contribution in [2.45, 2.75) is 103 Å². The Labute approximate surface area is 143 Å². The van der Waals surface area contributed by atoms with Crippen LogP contribution in [0.15, 0.2) is 12.2 Å². The molecule has 0 fully saturated rings. The van der Waals surface area contributed by atoms with Crippen molar-refractivity contribution in [1.82, 2.24) is 5.32 Å². The van der Waals surface area contributed by atoms with Crippen LogP contribution < -0.4 is 5.32 Å². The van der Waals surface area contributed by atoms with E-state index < -0.39 is 0 Å². The van der Waals surface area contributed by atoms with Gasteiger partial charge in [-0.3, -0.25) is 4.79 Å². The summed E-state index contributed by atoms with van der Waals surface area (Å²) in [6, 6.07) is -0.232. The number of nitrogens with one attached hydrogen (secondary N) is 1. The Morgan fingerprint density at radius 2 is 1.39 bits per heavy atom. The van der Waals surface area contributed by atoms with Gasteiger partial charge in [0.25, 0.3) is 0 Å². The molecule has 0 rings (SSSR count). The third kappa shape index (κ3) is 17.4. The quantitative estimate of drug-likeness (QED) is 0.305. The van der Waals surface area contributed by atoms with E-state index in [2.05, 4.69) is 18.3 Å². The first-order chi connectivity index (χ1) is 11.2. The Bertz CT molecular complexity index is 289. The lowest BCUT2D eigenvalue weighted by molar-refractivity contribution is -0.119. The van der Waals surface area contributed by atoms with Crippen molar-refractivity contribution in [3.05, 3.63) is 12.2 Å². The number of rotatable bonds is 16. The molecule has 1 amide bonds. The number of carbonyl (C=O) groups excluding carboxylic acids is 1. The van der Waals surface area contributed by atoms with E-state index >= 15 is 0 Å². The summed E-state index contributed by atoms with van der Waals surface area (Å²) in [6.07, 6.45) is 21.4. The van der Waals surface area contributed by atoms with Crippen molar-refractivity contribution in [2.24, 2.45) is 0 Å². The highest BCUT2D eigenvalue weighted by molar-refractivity contribution is 5.73. The SMILES string of the molecule is CCCCCCCCCCCCCCC=CC(CO)NC(C)=O. The predicted octanol–water partition coefficient (Wildman–Crippen LogP) is 5.13. The van der Waals surface area contributed by atoms with E-state index in [4.69, 9.17) is 5.11 Å². The minimum Gasteiger partial charge on any atom is -0.394 e. The number of unbranched alkanes of at least 4 members (excludes halogenated alkanes) is 12. The number of aliphatic hydroxyl groups excluding tert-OH is 1. The highest BCUT2D eigenvalue weighted by Crippen LogP contribution is 2.12. The van der Waals surface area contributed by atoms with Crippen LogP contribution in [0.2, 0.25) is 0 Å². The molecule has 0 heterocycles. The smallest absolute Gasteiger partial charge is 0.217 e. The number of hydrogen-bond acceptors (Lipinski definition) is 2. The third-order valence-electron chi connectivity index (χ3n) is 4.18. The largest absolute Gasteiger partial charge is 0.394 e. The average Bonchev–Trinajstić information content (AvgIpc) is 2.53. The van der Waals surface area contributed by atoms with Gasteiger partial charge in [0.2, 0.25) is 5.91 Å². The van der Waals surface area contributed by atoms with Crippen LogP contribution in [0.3, 0.4) is 0 Å². The van der Waals surface area contributed by atoms with Crippen molar-refractivity contribution >= 4 is 5.91 Å². The second-order valence-electron chi connectivity index (χ2n) is 6.60. The highest BCUT2D eigenvalue weighted by Gasteiger charge is 2.02. The van der Waals surface area contributed by atoms with Gasteiger partial charge in [0.1, 0.15) is 0 Å². The van der Waals surface area contributed by atoms with E-state index in [1.165, 1.54) is 84.0 Å². The van der Waals surface area contributed by atoms with Crippen LogP contribution in [0.1, 0.15) is 97.3 Å². The maximum absolute atomic E-state index is 10.9. The summed E-state index contributed by atoms with van der Waals surface area (Å²) in [5.41, 5.74) is 0. The molecule has 0 aliphatic rings. The van der Waals surface area contributed by atoms with Crippen LogP contribution in [0.4, 0.5) is 0 Å². The number of amides is 1. The van der Waals surface area contributed by atoms with E-state index in [1.807, 2.05) is 6.08 Å². The van der Waals surface area contributed by atoms with Gasteiger partial charge < -0.3 is 10.4 Å². The summed E-state index contributed by atoms with van der Waals surface area (Å²) in [6.45, 7) is 3.71. The molecular weight excluding hydrogens is 286 g/mol. The zero-order chi connectivity index (χ0) is 17.2. The summed E-state index contributed by atoms with van der Waals surface area (Å²) >= 11 is 0. The van der Waals surface area contributed by atoms with Crippen molar-refractivity contribution in [3.63, 3.8) is 0 Å². The summed E-state index contributed by atoms with van der Waals surface area (Å²) < 4.78 is 0. The molecule has 0 bridgehead atoms. The molecule has 23 heavy (non-hydrogen) atoms. The molecule has 0 aromatic heterocycles. The predicted molar refractivity (Wildman–Crippen MR) is 99.5 cm³/mol.